The summed E-state index contributed by atoms with van der Waals surface area (Å²) in [7, 11) is 0. The van der Waals surface area contributed by atoms with Crippen molar-refractivity contribution in [2.24, 2.45) is 29.4 Å². The molecule has 0 saturated heterocycles. The number of nitrogens with one attached hydrogen (secondary N) is 1. The first kappa shape index (κ1) is 15.8. The fraction of sp³-hybridized carbons (Fsp3) is 0.941. The monoisotopic (exact) mass is 280 g/mol. The summed E-state index contributed by atoms with van der Waals surface area (Å²) in [5.41, 5.74) is 6.04. The Hall–Kier alpha value is -0.570. The number of nitrogens with two attached hydrogens (primary N) is 1. The van der Waals surface area contributed by atoms with Crippen molar-refractivity contribution in [1.29, 1.82) is 0 Å². The van der Waals surface area contributed by atoms with E-state index in [2.05, 4.69) is 19.2 Å². The number of amides is 1. The van der Waals surface area contributed by atoms with Crippen molar-refractivity contribution in [2.75, 3.05) is 6.54 Å². The molecule has 0 aromatic rings. The van der Waals surface area contributed by atoms with Gasteiger partial charge in [-0.15, -0.1) is 0 Å². The van der Waals surface area contributed by atoms with Crippen LogP contribution in [0, 0.1) is 23.7 Å². The molecule has 0 spiro atoms. The van der Waals surface area contributed by atoms with Gasteiger partial charge in [0.25, 0.3) is 0 Å². The molecule has 3 unspecified atom stereocenters. The largest absolute Gasteiger partial charge is 0.356 e. The predicted molar refractivity (Wildman–Crippen MR) is 83.2 cm³/mol. The van der Waals surface area contributed by atoms with Crippen LogP contribution in [0.5, 0.6) is 0 Å². The summed E-state index contributed by atoms with van der Waals surface area (Å²) >= 11 is 0. The molecule has 0 bridgehead atoms. The highest BCUT2D eigenvalue weighted by Gasteiger charge is 2.29. The minimum Gasteiger partial charge on any atom is -0.356 e. The third-order valence-corrected chi connectivity index (χ3v) is 5.46. The van der Waals surface area contributed by atoms with E-state index in [1.54, 1.807) is 0 Å². The number of hydrogen-bond acceptors (Lipinski definition) is 2. The summed E-state index contributed by atoms with van der Waals surface area (Å²) in [6.07, 6.45) is 9.56. The van der Waals surface area contributed by atoms with E-state index in [0.717, 1.165) is 31.7 Å². The Morgan fingerprint density at radius 1 is 1.10 bits per heavy atom. The first-order valence-electron chi connectivity index (χ1n) is 8.61. The molecule has 3 heteroatoms. The lowest BCUT2D eigenvalue weighted by atomic mass is 9.79. The van der Waals surface area contributed by atoms with E-state index in [4.69, 9.17) is 5.73 Å². The Balaban J connectivity index is 1.70. The maximum Gasteiger partial charge on any atom is 0.223 e. The molecular weight excluding hydrogens is 248 g/mol. The lowest BCUT2D eigenvalue weighted by Gasteiger charge is -2.32. The molecular formula is C17H32N2O. The van der Waals surface area contributed by atoms with Crippen LogP contribution in [-0.2, 0) is 4.79 Å². The van der Waals surface area contributed by atoms with Crippen LogP contribution in [0.1, 0.15) is 65.2 Å². The van der Waals surface area contributed by atoms with Crippen LogP contribution in [0.2, 0.25) is 0 Å². The zero-order chi connectivity index (χ0) is 14.5. The standard InChI is InChI=1S/C17H32N2O/c1-3-13-4-6-14(7-5-13)11-19-17(20)15-8-12(2)9-16(18)10-15/h12-16H,3-11,18H2,1-2H3,(H,19,20). The van der Waals surface area contributed by atoms with Gasteiger partial charge in [-0.3, -0.25) is 4.79 Å². The molecule has 0 radical (unpaired) electrons. The molecule has 2 saturated carbocycles. The Kier molecular flexibility index (Phi) is 5.88. The summed E-state index contributed by atoms with van der Waals surface area (Å²) in [6.45, 7) is 5.39. The van der Waals surface area contributed by atoms with E-state index < -0.39 is 0 Å². The first-order chi connectivity index (χ1) is 9.58. The Morgan fingerprint density at radius 2 is 1.75 bits per heavy atom. The molecule has 2 fully saturated rings. The summed E-state index contributed by atoms with van der Waals surface area (Å²) in [5, 5.41) is 3.20. The van der Waals surface area contributed by atoms with Crippen LogP contribution in [0.25, 0.3) is 0 Å². The predicted octanol–water partition coefficient (Wildman–Crippen LogP) is 3.08. The van der Waals surface area contributed by atoms with Gasteiger partial charge in [0.05, 0.1) is 0 Å². The van der Waals surface area contributed by atoms with Gasteiger partial charge in [0.1, 0.15) is 0 Å². The van der Waals surface area contributed by atoms with Crippen molar-refractivity contribution >= 4 is 5.91 Å². The Morgan fingerprint density at radius 3 is 2.35 bits per heavy atom. The summed E-state index contributed by atoms with van der Waals surface area (Å²) in [4.78, 5) is 12.3. The normalized spacial score (nSPS) is 38.5. The third kappa shape index (κ3) is 4.47. The minimum atomic E-state index is 0.153. The molecule has 20 heavy (non-hydrogen) atoms. The van der Waals surface area contributed by atoms with Crippen molar-refractivity contribution in [3.05, 3.63) is 0 Å². The van der Waals surface area contributed by atoms with Gasteiger partial charge in [0.15, 0.2) is 0 Å². The summed E-state index contributed by atoms with van der Waals surface area (Å²) in [5.74, 6) is 2.63. The SMILES string of the molecule is CCC1CCC(CNC(=O)C2CC(C)CC(N)C2)CC1. The van der Waals surface area contributed by atoms with Crippen LogP contribution < -0.4 is 11.1 Å². The first-order valence-corrected chi connectivity index (χ1v) is 8.61. The van der Waals surface area contributed by atoms with Crippen molar-refractivity contribution in [3.63, 3.8) is 0 Å². The molecule has 3 atom stereocenters. The van der Waals surface area contributed by atoms with Gasteiger partial charge in [0.2, 0.25) is 5.91 Å². The molecule has 1 amide bonds. The molecule has 0 heterocycles. The van der Waals surface area contributed by atoms with Crippen molar-refractivity contribution in [1.82, 2.24) is 5.32 Å². The maximum atomic E-state index is 12.3. The van der Waals surface area contributed by atoms with Gasteiger partial charge < -0.3 is 11.1 Å². The van der Waals surface area contributed by atoms with E-state index >= 15 is 0 Å². The van der Waals surface area contributed by atoms with Gasteiger partial charge >= 0.3 is 0 Å². The summed E-state index contributed by atoms with van der Waals surface area (Å²) < 4.78 is 0. The molecule has 2 rings (SSSR count). The third-order valence-electron chi connectivity index (χ3n) is 5.46. The van der Waals surface area contributed by atoms with Crippen LogP contribution in [0.4, 0.5) is 0 Å². The van der Waals surface area contributed by atoms with Crippen molar-refractivity contribution in [3.8, 4) is 0 Å². The number of carbonyl (C=O) groups excluding carboxylic acids is 1. The van der Waals surface area contributed by atoms with Crippen molar-refractivity contribution in [2.45, 2.75) is 71.3 Å². The maximum absolute atomic E-state index is 12.3. The fourth-order valence-electron chi connectivity index (χ4n) is 4.10. The highest BCUT2D eigenvalue weighted by Crippen LogP contribution is 2.31. The zero-order valence-electron chi connectivity index (χ0n) is 13.2. The van der Waals surface area contributed by atoms with E-state index in [0.29, 0.717) is 11.8 Å². The van der Waals surface area contributed by atoms with Crippen LogP contribution in [-0.4, -0.2) is 18.5 Å². The molecule has 0 aliphatic heterocycles. The van der Waals surface area contributed by atoms with Gasteiger partial charge in [-0.25, -0.2) is 0 Å². The zero-order valence-corrected chi connectivity index (χ0v) is 13.2. The Labute approximate surface area is 124 Å². The van der Waals surface area contributed by atoms with Crippen molar-refractivity contribution < 1.29 is 4.79 Å². The quantitative estimate of drug-likeness (QED) is 0.831. The van der Waals surface area contributed by atoms with Gasteiger partial charge in [-0.1, -0.05) is 33.1 Å². The highest BCUT2D eigenvalue weighted by atomic mass is 16.1. The average Bonchev–Trinajstić information content (AvgIpc) is 2.44. The molecule has 0 aromatic heterocycles. The number of carbonyl (C=O) groups is 1. The van der Waals surface area contributed by atoms with Gasteiger partial charge in [0, 0.05) is 18.5 Å². The van der Waals surface area contributed by atoms with E-state index in [9.17, 15) is 4.79 Å². The second-order valence-electron chi connectivity index (χ2n) is 7.31. The van der Waals surface area contributed by atoms with Crippen LogP contribution in [0.15, 0.2) is 0 Å². The summed E-state index contributed by atoms with van der Waals surface area (Å²) in [6, 6.07) is 0.217. The molecule has 116 valence electrons. The topological polar surface area (TPSA) is 55.1 Å². The smallest absolute Gasteiger partial charge is 0.223 e. The van der Waals surface area contributed by atoms with E-state index in [1.165, 1.54) is 32.1 Å². The lowest BCUT2D eigenvalue weighted by molar-refractivity contribution is -0.126. The van der Waals surface area contributed by atoms with Crippen LogP contribution >= 0.6 is 0 Å². The molecule has 3 N–H and O–H groups in total. The van der Waals surface area contributed by atoms with Crippen LogP contribution in [0.3, 0.4) is 0 Å². The number of rotatable bonds is 4. The lowest BCUT2D eigenvalue weighted by Crippen LogP contribution is -2.41. The second-order valence-corrected chi connectivity index (χ2v) is 7.31. The average molecular weight is 280 g/mol. The fourth-order valence-corrected chi connectivity index (χ4v) is 4.10. The Bertz CT molecular complexity index is 300. The number of hydrogen-bond donors (Lipinski definition) is 2. The van der Waals surface area contributed by atoms with E-state index in [-0.39, 0.29) is 17.9 Å². The minimum absolute atomic E-state index is 0.153. The molecule has 0 aromatic carbocycles. The van der Waals surface area contributed by atoms with Gasteiger partial charge in [-0.05, 0) is 49.9 Å². The molecule has 2 aliphatic carbocycles. The highest BCUT2D eigenvalue weighted by molar-refractivity contribution is 5.78. The molecule has 3 nitrogen and oxygen atoms in total. The van der Waals surface area contributed by atoms with E-state index in [1.807, 2.05) is 0 Å². The second kappa shape index (κ2) is 7.44. The molecule has 2 aliphatic rings. The van der Waals surface area contributed by atoms with Gasteiger partial charge in [-0.2, -0.15) is 0 Å².